The molecule has 2 aromatic rings. The number of nitrogens with one attached hydrogen (secondary N) is 1. The second kappa shape index (κ2) is 7.10. The van der Waals surface area contributed by atoms with Gasteiger partial charge in [0.15, 0.2) is 0 Å². The highest BCUT2D eigenvalue weighted by Gasteiger charge is 2.11. The van der Waals surface area contributed by atoms with Crippen LogP contribution in [0.3, 0.4) is 0 Å². The second-order valence-corrected chi connectivity index (χ2v) is 4.98. The third kappa shape index (κ3) is 4.21. The van der Waals surface area contributed by atoms with Gasteiger partial charge in [-0.3, -0.25) is 4.68 Å². The molecule has 0 spiro atoms. The lowest BCUT2D eigenvalue weighted by Gasteiger charge is -2.17. The van der Waals surface area contributed by atoms with Gasteiger partial charge in [0, 0.05) is 19.8 Å². The van der Waals surface area contributed by atoms with E-state index in [1.807, 2.05) is 17.9 Å². The SMILES string of the molecule is CCNCC(CCc1cnn(C)c1)c1ccccc1. The number of rotatable bonds is 7. The van der Waals surface area contributed by atoms with Gasteiger partial charge in [-0.1, -0.05) is 37.3 Å². The summed E-state index contributed by atoms with van der Waals surface area (Å²) in [5.41, 5.74) is 2.74. The zero-order valence-electron chi connectivity index (χ0n) is 11.8. The topological polar surface area (TPSA) is 29.9 Å². The molecule has 1 heterocycles. The summed E-state index contributed by atoms with van der Waals surface area (Å²) in [6.45, 7) is 4.22. The summed E-state index contributed by atoms with van der Waals surface area (Å²) in [7, 11) is 1.97. The number of likely N-dealkylation sites (N-methyl/N-ethyl adjacent to an activating group) is 1. The lowest BCUT2D eigenvalue weighted by molar-refractivity contribution is 0.561. The summed E-state index contributed by atoms with van der Waals surface area (Å²) in [6, 6.07) is 10.8. The van der Waals surface area contributed by atoms with Crippen LogP contribution >= 0.6 is 0 Å². The van der Waals surface area contributed by atoms with Crippen LogP contribution in [0.1, 0.15) is 30.4 Å². The first-order valence-corrected chi connectivity index (χ1v) is 7.02. The van der Waals surface area contributed by atoms with Gasteiger partial charge in [-0.15, -0.1) is 0 Å². The Hall–Kier alpha value is -1.61. The minimum Gasteiger partial charge on any atom is -0.316 e. The van der Waals surface area contributed by atoms with Crippen molar-refractivity contribution in [2.75, 3.05) is 13.1 Å². The molecular formula is C16H23N3. The van der Waals surface area contributed by atoms with Crippen molar-refractivity contribution < 1.29 is 0 Å². The van der Waals surface area contributed by atoms with E-state index < -0.39 is 0 Å². The second-order valence-electron chi connectivity index (χ2n) is 4.98. The largest absolute Gasteiger partial charge is 0.316 e. The monoisotopic (exact) mass is 257 g/mol. The standard InChI is InChI=1S/C16H23N3/c1-3-17-12-16(15-7-5-4-6-8-15)10-9-14-11-18-19(2)13-14/h4-8,11,13,16-17H,3,9-10,12H2,1-2H3. The summed E-state index contributed by atoms with van der Waals surface area (Å²) in [6.07, 6.45) is 6.31. The Bertz CT molecular complexity index is 476. The normalized spacial score (nSPS) is 12.5. The van der Waals surface area contributed by atoms with E-state index in [1.54, 1.807) is 0 Å². The van der Waals surface area contributed by atoms with Crippen molar-refractivity contribution in [2.24, 2.45) is 7.05 Å². The van der Waals surface area contributed by atoms with Gasteiger partial charge in [-0.25, -0.2) is 0 Å². The van der Waals surface area contributed by atoms with E-state index in [9.17, 15) is 0 Å². The molecule has 0 amide bonds. The number of aryl methyl sites for hydroxylation is 2. The molecule has 0 aliphatic carbocycles. The van der Waals surface area contributed by atoms with Crippen LogP contribution < -0.4 is 5.32 Å². The molecule has 0 fully saturated rings. The van der Waals surface area contributed by atoms with E-state index in [-0.39, 0.29) is 0 Å². The highest BCUT2D eigenvalue weighted by atomic mass is 15.2. The first-order valence-electron chi connectivity index (χ1n) is 7.02. The van der Waals surface area contributed by atoms with Gasteiger partial charge in [0.1, 0.15) is 0 Å². The number of aromatic nitrogens is 2. The molecule has 3 heteroatoms. The predicted octanol–water partition coefficient (Wildman–Crippen LogP) is 2.75. The number of hydrogen-bond donors (Lipinski definition) is 1. The van der Waals surface area contributed by atoms with E-state index >= 15 is 0 Å². The molecular weight excluding hydrogens is 234 g/mol. The molecule has 1 atom stereocenters. The van der Waals surface area contributed by atoms with Gasteiger partial charge in [0.25, 0.3) is 0 Å². The lowest BCUT2D eigenvalue weighted by Crippen LogP contribution is -2.21. The van der Waals surface area contributed by atoms with Crippen molar-refractivity contribution in [3.8, 4) is 0 Å². The third-order valence-corrected chi connectivity index (χ3v) is 3.45. The maximum absolute atomic E-state index is 4.23. The first kappa shape index (κ1) is 13.8. The molecule has 1 N–H and O–H groups in total. The Labute approximate surface area is 115 Å². The van der Waals surface area contributed by atoms with Gasteiger partial charge >= 0.3 is 0 Å². The first-order chi connectivity index (χ1) is 9.29. The average molecular weight is 257 g/mol. The van der Waals surface area contributed by atoms with Crippen LogP contribution in [0.4, 0.5) is 0 Å². The van der Waals surface area contributed by atoms with E-state index in [0.717, 1.165) is 25.9 Å². The molecule has 2 rings (SSSR count). The van der Waals surface area contributed by atoms with E-state index in [4.69, 9.17) is 0 Å². The van der Waals surface area contributed by atoms with Crippen LogP contribution in [0.25, 0.3) is 0 Å². The van der Waals surface area contributed by atoms with Gasteiger partial charge in [-0.2, -0.15) is 5.10 Å². The molecule has 0 saturated carbocycles. The molecule has 0 saturated heterocycles. The van der Waals surface area contributed by atoms with Crippen molar-refractivity contribution >= 4 is 0 Å². The van der Waals surface area contributed by atoms with Crippen molar-refractivity contribution in [1.82, 2.24) is 15.1 Å². The number of nitrogens with zero attached hydrogens (tertiary/aromatic N) is 2. The van der Waals surface area contributed by atoms with Crippen LogP contribution in [0.15, 0.2) is 42.7 Å². The Kier molecular flexibility index (Phi) is 5.16. The molecule has 19 heavy (non-hydrogen) atoms. The maximum Gasteiger partial charge on any atom is 0.0521 e. The van der Waals surface area contributed by atoms with E-state index in [2.05, 4.69) is 53.9 Å². The molecule has 1 aromatic carbocycles. The van der Waals surface area contributed by atoms with Gasteiger partial charge in [0.05, 0.1) is 6.20 Å². The quantitative estimate of drug-likeness (QED) is 0.826. The molecule has 0 bridgehead atoms. The molecule has 3 nitrogen and oxygen atoms in total. The molecule has 102 valence electrons. The Morgan fingerprint density at radius 2 is 2.05 bits per heavy atom. The fourth-order valence-corrected chi connectivity index (χ4v) is 2.37. The van der Waals surface area contributed by atoms with Crippen molar-refractivity contribution in [3.05, 3.63) is 53.9 Å². The van der Waals surface area contributed by atoms with Crippen LogP contribution in [0.5, 0.6) is 0 Å². The highest BCUT2D eigenvalue weighted by Crippen LogP contribution is 2.21. The summed E-state index contributed by atoms with van der Waals surface area (Å²) in [4.78, 5) is 0. The Morgan fingerprint density at radius 3 is 2.68 bits per heavy atom. The number of hydrogen-bond acceptors (Lipinski definition) is 2. The van der Waals surface area contributed by atoms with Crippen LogP contribution in [0.2, 0.25) is 0 Å². The number of benzene rings is 1. The molecule has 1 aromatic heterocycles. The van der Waals surface area contributed by atoms with Gasteiger partial charge in [-0.05, 0) is 36.4 Å². The summed E-state index contributed by atoms with van der Waals surface area (Å²) in [5.74, 6) is 0.571. The summed E-state index contributed by atoms with van der Waals surface area (Å²) >= 11 is 0. The predicted molar refractivity (Wildman–Crippen MR) is 79.3 cm³/mol. The van der Waals surface area contributed by atoms with Crippen molar-refractivity contribution in [2.45, 2.75) is 25.7 Å². The lowest BCUT2D eigenvalue weighted by atomic mass is 9.93. The molecule has 0 radical (unpaired) electrons. The maximum atomic E-state index is 4.23. The van der Waals surface area contributed by atoms with Crippen molar-refractivity contribution in [1.29, 1.82) is 0 Å². The molecule has 0 aliphatic heterocycles. The van der Waals surface area contributed by atoms with Crippen molar-refractivity contribution in [3.63, 3.8) is 0 Å². The fraction of sp³-hybridized carbons (Fsp3) is 0.438. The fourth-order valence-electron chi connectivity index (χ4n) is 2.37. The molecule has 0 aliphatic rings. The van der Waals surface area contributed by atoms with Crippen LogP contribution in [0, 0.1) is 0 Å². The molecule has 1 unspecified atom stereocenters. The Balaban J connectivity index is 1.97. The third-order valence-electron chi connectivity index (χ3n) is 3.45. The zero-order chi connectivity index (χ0) is 13.5. The smallest absolute Gasteiger partial charge is 0.0521 e. The van der Waals surface area contributed by atoms with Crippen LogP contribution in [-0.2, 0) is 13.5 Å². The summed E-state index contributed by atoms with van der Waals surface area (Å²) in [5, 5.41) is 7.70. The zero-order valence-corrected chi connectivity index (χ0v) is 11.8. The highest BCUT2D eigenvalue weighted by molar-refractivity contribution is 5.20. The van der Waals surface area contributed by atoms with E-state index in [1.165, 1.54) is 11.1 Å². The van der Waals surface area contributed by atoms with Gasteiger partial charge < -0.3 is 5.32 Å². The van der Waals surface area contributed by atoms with Crippen LogP contribution in [-0.4, -0.2) is 22.9 Å². The summed E-state index contributed by atoms with van der Waals surface area (Å²) < 4.78 is 1.87. The average Bonchev–Trinajstić information content (AvgIpc) is 2.86. The Morgan fingerprint density at radius 1 is 1.26 bits per heavy atom. The minimum absolute atomic E-state index is 0.571. The van der Waals surface area contributed by atoms with E-state index in [0.29, 0.717) is 5.92 Å². The minimum atomic E-state index is 0.571. The van der Waals surface area contributed by atoms with Gasteiger partial charge in [0.2, 0.25) is 0 Å².